The van der Waals surface area contributed by atoms with Crippen LogP contribution in [0.5, 0.6) is 0 Å². The molecule has 1 aliphatic rings. The summed E-state index contributed by atoms with van der Waals surface area (Å²) in [5.74, 6) is 0.0803. The molecule has 1 unspecified atom stereocenters. The molecule has 3 aromatic rings. The van der Waals surface area contributed by atoms with Crippen molar-refractivity contribution in [3.05, 3.63) is 94.8 Å². The predicted octanol–water partition coefficient (Wildman–Crippen LogP) is 3.80. The largest absolute Gasteiger partial charge is 0.348 e. The van der Waals surface area contributed by atoms with Crippen molar-refractivity contribution in [2.24, 2.45) is 0 Å². The molecule has 2 amide bonds. The van der Waals surface area contributed by atoms with Crippen molar-refractivity contribution in [1.82, 2.24) is 20.2 Å². The van der Waals surface area contributed by atoms with Crippen molar-refractivity contribution >= 4 is 11.8 Å². The molecule has 7 heteroatoms. The molecule has 6 nitrogen and oxygen atoms in total. The van der Waals surface area contributed by atoms with Gasteiger partial charge in [-0.2, -0.15) is 0 Å². The van der Waals surface area contributed by atoms with Gasteiger partial charge in [0.1, 0.15) is 11.6 Å². The fourth-order valence-corrected chi connectivity index (χ4v) is 4.13. The number of halogens is 1. The lowest BCUT2D eigenvalue weighted by Crippen LogP contribution is -2.40. The second-order valence-electron chi connectivity index (χ2n) is 8.38. The highest BCUT2D eigenvalue weighted by Gasteiger charge is 2.27. The van der Waals surface area contributed by atoms with Crippen LogP contribution in [0.25, 0.3) is 0 Å². The summed E-state index contributed by atoms with van der Waals surface area (Å²) >= 11 is 0. The van der Waals surface area contributed by atoms with Crippen molar-refractivity contribution in [3.63, 3.8) is 0 Å². The Labute approximate surface area is 192 Å². The van der Waals surface area contributed by atoms with E-state index in [0.29, 0.717) is 42.3 Å². The second kappa shape index (κ2) is 10.3. The van der Waals surface area contributed by atoms with Crippen molar-refractivity contribution in [3.8, 4) is 0 Å². The van der Waals surface area contributed by atoms with Gasteiger partial charge < -0.3 is 10.2 Å². The van der Waals surface area contributed by atoms with Crippen LogP contribution in [0.1, 0.15) is 51.8 Å². The summed E-state index contributed by atoms with van der Waals surface area (Å²) in [5, 5.41) is 2.91. The van der Waals surface area contributed by atoms with Crippen molar-refractivity contribution in [2.75, 3.05) is 13.1 Å². The number of aryl methyl sites for hydroxylation is 1. The molecule has 2 aromatic carbocycles. The monoisotopic (exact) mass is 446 g/mol. The molecule has 1 aromatic heterocycles. The van der Waals surface area contributed by atoms with Crippen molar-refractivity contribution < 1.29 is 14.0 Å². The van der Waals surface area contributed by atoms with Gasteiger partial charge in [0.15, 0.2) is 0 Å². The number of likely N-dealkylation sites (tertiary alicyclic amines) is 1. The van der Waals surface area contributed by atoms with Gasteiger partial charge in [0.05, 0.1) is 17.7 Å². The van der Waals surface area contributed by atoms with E-state index >= 15 is 0 Å². The van der Waals surface area contributed by atoms with E-state index < -0.39 is 0 Å². The Balaban J connectivity index is 1.38. The number of hydrogen-bond acceptors (Lipinski definition) is 4. The molecule has 1 fully saturated rings. The van der Waals surface area contributed by atoms with Gasteiger partial charge in [-0.25, -0.2) is 14.4 Å². The smallest absolute Gasteiger partial charge is 0.254 e. The Bertz CT molecular complexity index is 1140. The molecule has 0 aliphatic carbocycles. The summed E-state index contributed by atoms with van der Waals surface area (Å²) in [6.07, 6.45) is 3.47. The van der Waals surface area contributed by atoms with Crippen LogP contribution in [0, 0.1) is 12.7 Å². The zero-order valence-electron chi connectivity index (χ0n) is 18.6. The quantitative estimate of drug-likeness (QED) is 0.625. The summed E-state index contributed by atoms with van der Waals surface area (Å²) in [7, 11) is 0. The van der Waals surface area contributed by atoms with Crippen LogP contribution in [-0.4, -0.2) is 39.8 Å². The zero-order valence-corrected chi connectivity index (χ0v) is 18.6. The molecular formula is C26H27FN4O2. The van der Waals surface area contributed by atoms with Crippen LogP contribution >= 0.6 is 0 Å². The number of amides is 2. The maximum absolute atomic E-state index is 13.4. The van der Waals surface area contributed by atoms with E-state index in [1.165, 1.54) is 12.1 Å². The molecule has 0 radical (unpaired) electrons. The number of benzene rings is 2. The van der Waals surface area contributed by atoms with E-state index in [9.17, 15) is 14.0 Å². The summed E-state index contributed by atoms with van der Waals surface area (Å²) in [4.78, 5) is 36.2. The first-order chi connectivity index (χ1) is 16.0. The van der Waals surface area contributed by atoms with Crippen LogP contribution in [0.4, 0.5) is 4.39 Å². The fraction of sp³-hybridized carbons (Fsp3) is 0.308. The molecule has 1 atom stereocenters. The van der Waals surface area contributed by atoms with Gasteiger partial charge in [-0.15, -0.1) is 0 Å². The number of nitrogens with zero attached hydrogens (tertiary/aromatic N) is 3. The van der Waals surface area contributed by atoms with E-state index in [1.807, 2.05) is 30.3 Å². The van der Waals surface area contributed by atoms with Crippen LogP contribution in [0.2, 0.25) is 0 Å². The molecule has 0 saturated carbocycles. The number of piperidine rings is 1. The maximum atomic E-state index is 13.4. The van der Waals surface area contributed by atoms with Gasteiger partial charge in [-0.3, -0.25) is 9.59 Å². The zero-order chi connectivity index (χ0) is 23.2. The molecule has 0 bridgehead atoms. The lowest BCUT2D eigenvalue weighted by molar-refractivity contribution is -0.131. The number of rotatable bonds is 6. The highest BCUT2D eigenvalue weighted by Crippen LogP contribution is 2.25. The van der Waals surface area contributed by atoms with Gasteiger partial charge in [-0.05, 0) is 43.0 Å². The lowest BCUT2D eigenvalue weighted by atomic mass is 9.96. The van der Waals surface area contributed by atoms with Gasteiger partial charge in [0, 0.05) is 31.7 Å². The first kappa shape index (κ1) is 22.6. The van der Waals surface area contributed by atoms with Crippen LogP contribution in [-0.2, 0) is 17.8 Å². The minimum Gasteiger partial charge on any atom is -0.348 e. The van der Waals surface area contributed by atoms with Crippen molar-refractivity contribution in [1.29, 1.82) is 0 Å². The highest BCUT2D eigenvalue weighted by molar-refractivity contribution is 5.94. The summed E-state index contributed by atoms with van der Waals surface area (Å²) < 4.78 is 13.4. The minimum absolute atomic E-state index is 0.00957. The molecule has 33 heavy (non-hydrogen) atoms. The third-order valence-electron chi connectivity index (χ3n) is 5.92. The Morgan fingerprint density at radius 3 is 2.67 bits per heavy atom. The molecule has 1 N–H and O–H groups in total. The van der Waals surface area contributed by atoms with Crippen molar-refractivity contribution in [2.45, 2.75) is 38.6 Å². The number of hydrogen-bond donors (Lipinski definition) is 1. The summed E-state index contributed by atoms with van der Waals surface area (Å²) in [6.45, 7) is 3.43. The summed E-state index contributed by atoms with van der Waals surface area (Å²) in [5.41, 5.74) is 2.75. The third-order valence-corrected chi connectivity index (χ3v) is 5.92. The molecule has 1 aliphatic heterocycles. The molecule has 170 valence electrons. The topological polar surface area (TPSA) is 75.2 Å². The molecule has 1 saturated heterocycles. The molecule has 4 rings (SSSR count). The van der Waals surface area contributed by atoms with E-state index in [-0.39, 0.29) is 30.0 Å². The Kier molecular flexibility index (Phi) is 7.07. The number of nitrogens with one attached hydrogen (secondary N) is 1. The number of aromatic nitrogens is 2. The van der Waals surface area contributed by atoms with E-state index in [2.05, 4.69) is 15.3 Å². The average Bonchev–Trinajstić information content (AvgIpc) is 2.83. The van der Waals surface area contributed by atoms with Gasteiger partial charge in [0.25, 0.3) is 5.91 Å². The molecule has 2 heterocycles. The van der Waals surface area contributed by atoms with Crippen LogP contribution in [0.3, 0.4) is 0 Å². The van der Waals surface area contributed by atoms with Gasteiger partial charge >= 0.3 is 0 Å². The molecular weight excluding hydrogens is 419 g/mol. The molecule has 0 spiro atoms. The fourth-order valence-electron chi connectivity index (χ4n) is 4.13. The van der Waals surface area contributed by atoms with Crippen LogP contribution in [0.15, 0.2) is 60.8 Å². The first-order valence-electron chi connectivity index (χ1n) is 11.2. The van der Waals surface area contributed by atoms with E-state index in [4.69, 9.17) is 0 Å². The Morgan fingerprint density at radius 2 is 1.91 bits per heavy atom. The Morgan fingerprint density at radius 1 is 1.12 bits per heavy atom. The number of carbonyl (C=O) groups is 2. The Hall–Kier alpha value is -3.61. The SMILES string of the molecule is Cc1nc(C2CCCN(C(=O)Cc3cccc(F)c3)C2)ncc1C(=O)NCc1ccccc1. The third kappa shape index (κ3) is 5.80. The standard InChI is InChI=1S/C26H27FN4O2/c1-18-23(26(33)29-15-19-7-3-2-4-8-19)16-28-25(30-18)21-10-6-12-31(17-21)24(32)14-20-9-5-11-22(27)13-20/h2-5,7-9,11,13,16,21H,6,10,12,14-15,17H2,1H3,(H,29,33). The second-order valence-corrected chi connectivity index (χ2v) is 8.38. The lowest BCUT2D eigenvalue weighted by Gasteiger charge is -2.32. The highest BCUT2D eigenvalue weighted by atomic mass is 19.1. The predicted molar refractivity (Wildman–Crippen MR) is 123 cm³/mol. The van der Waals surface area contributed by atoms with E-state index in [1.54, 1.807) is 30.2 Å². The first-order valence-corrected chi connectivity index (χ1v) is 11.2. The average molecular weight is 447 g/mol. The van der Waals surface area contributed by atoms with E-state index in [0.717, 1.165) is 18.4 Å². The number of carbonyl (C=O) groups excluding carboxylic acids is 2. The normalized spacial score (nSPS) is 15.8. The van der Waals surface area contributed by atoms with Crippen LogP contribution < -0.4 is 5.32 Å². The van der Waals surface area contributed by atoms with Gasteiger partial charge in [0.2, 0.25) is 5.91 Å². The summed E-state index contributed by atoms with van der Waals surface area (Å²) in [6, 6.07) is 15.9. The minimum atomic E-state index is -0.339. The maximum Gasteiger partial charge on any atom is 0.254 e. The van der Waals surface area contributed by atoms with Gasteiger partial charge in [-0.1, -0.05) is 42.5 Å².